The van der Waals surface area contributed by atoms with Gasteiger partial charge in [-0.1, -0.05) is 29.9 Å². The van der Waals surface area contributed by atoms with Gasteiger partial charge in [-0.2, -0.15) is 0 Å². The van der Waals surface area contributed by atoms with Gasteiger partial charge in [0.15, 0.2) is 6.61 Å². The number of rotatable bonds is 6. The second kappa shape index (κ2) is 7.09. The SMILES string of the molecule is Cc1ccc(OCC(=O)N(C)CCC(N)=S)c(C)c1. The Bertz CT molecular complexity index is 475. The van der Waals surface area contributed by atoms with Gasteiger partial charge in [0.1, 0.15) is 5.75 Å². The number of likely N-dealkylation sites (N-methyl/N-ethyl adjacent to an activating group) is 1. The lowest BCUT2D eigenvalue weighted by atomic mass is 10.1. The molecule has 2 N–H and O–H groups in total. The molecule has 0 saturated heterocycles. The molecule has 0 aromatic heterocycles. The lowest BCUT2D eigenvalue weighted by Gasteiger charge is -2.17. The van der Waals surface area contributed by atoms with Crippen molar-refractivity contribution < 1.29 is 9.53 Å². The normalized spacial score (nSPS) is 10.1. The van der Waals surface area contributed by atoms with Crippen molar-refractivity contribution in [3.05, 3.63) is 29.3 Å². The number of benzene rings is 1. The average molecular weight is 280 g/mol. The molecule has 0 spiro atoms. The van der Waals surface area contributed by atoms with E-state index in [2.05, 4.69) is 0 Å². The number of nitrogens with zero attached hydrogens (tertiary/aromatic N) is 1. The standard InChI is InChI=1S/C14H20N2O2S/c1-10-4-5-12(11(2)8-10)18-9-14(17)16(3)7-6-13(15)19/h4-5,8H,6-7,9H2,1-3H3,(H2,15,19). The van der Waals surface area contributed by atoms with Crippen molar-refractivity contribution >= 4 is 23.1 Å². The zero-order chi connectivity index (χ0) is 14.4. The van der Waals surface area contributed by atoms with E-state index in [4.69, 9.17) is 22.7 Å². The highest BCUT2D eigenvalue weighted by molar-refractivity contribution is 7.80. The summed E-state index contributed by atoms with van der Waals surface area (Å²) in [6.07, 6.45) is 0.529. The fourth-order valence-corrected chi connectivity index (χ4v) is 1.70. The molecule has 0 saturated carbocycles. The van der Waals surface area contributed by atoms with Gasteiger partial charge in [-0.3, -0.25) is 4.79 Å². The smallest absolute Gasteiger partial charge is 0.260 e. The van der Waals surface area contributed by atoms with Gasteiger partial charge in [0.05, 0.1) is 4.99 Å². The first kappa shape index (κ1) is 15.4. The molecule has 19 heavy (non-hydrogen) atoms. The van der Waals surface area contributed by atoms with Crippen molar-refractivity contribution in [1.29, 1.82) is 0 Å². The number of hydrogen-bond donors (Lipinski definition) is 1. The minimum atomic E-state index is -0.0868. The van der Waals surface area contributed by atoms with Gasteiger partial charge in [0, 0.05) is 20.0 Å². The molecule has 0 bridgehead atoms. The van der Waals surface area contributed by atoms with E-state index in [1.165, 1.54) is 5.56 Å². The van der Waals surface area contributed by atoms with Crippen molar-refractivity contribution in [3.63, 3.8) is 0 Å². The van der Waals surface area contributed by atoms with Crippen molar-refractivity contribution in [3.8, 4) is 5.75 Å². The molecule has 0 aliphatic heterocycles. The van der Waals surface area contributed by atoms with Gasteiger partial charge < -0.3 is 15.4 Å². The Balaban J connectivity index is 2.47. The van der Waals surface area contributed by atoms with Gasteiger partial charge in [-0.05, 0) is 25.5 Å². The van der Waals surface area contributed by atoms with Crippen LogP contribution in [0.3, 0.4) is 0 Å². The molecule has 0 heterocycles. The van der Waals surface area contributed by atoms with Crippen LogP contribution in [0.1, 0.15) is 17.5 Å². The van der Waals surface area contributed by atoms with E-state index in [9.17, 15) is 4.79 Å². The zero-order valence-electron chi connectivity index (χ0n) is 11.6. The predicted octanol–water partition coefficient (Wildman–Crippen LogP) is 1.82. The van der Waals surface area contributed by atoms with Crippen LogP contribution in [-0.4, -0.2) is 36.0 Å². The van der Waals surface area contributed by atoms with Gasteiger partial charge in [0.25, 0.3) is 5.91 Å². The average Bonchev–Trinajstić information content (AvgIpc) is 2.34. The molecule has 104 valence electrons. The maximum atomic E-state index is 11.8. The Morgan fingerprint density at radius 2 is 2.11 bits per heavy atom. The van der Waals surface area contributed by atoms with Gasteiger partial charge >= 0.3 is 0 Å². The number of hydrogen-bond acceptors (Lipinski definition) is 3. The third-order valence-electron chi connectivity index (χ3n) is 2.80. The predicted molar refractivity (Wildman–Crippen MR) is 80.5 cm³/mol. The molecule has 1 amide bonds. The molecule has 0 unspecified atom stereocenters. The van der Waals surface area contributed by atoms with Crippen molar-refractivity contribution in [1.82, 2.24) is 4.90 Å². The minimum absolute atomic E-state index is 0.0255. The summed E-state index contributed by atoms with van der Waals surface area (Å²) >= 11 is 4.78. The van der Waals surface area contributed by atoms with Crippen LogP contribution in [0.25, 0.3) is 0 Å². The Morgan fingerprint density at radius 3 is 2.68 bits per heavy atom. The first-order valence-corrected chi connectivity index (χ1v) is 6.53. The third-order valence-corrected chi connectivity index (χ3v) is 3.01. The lowest BCUT2D eigenvalue weighted by Crippen LogP contribution is -2.33. The highest BCUT2D eigenvalue weighted by atomic mass is 32.1. The van der Waals surface area contributed by atoms with E-state index >= 15 is 0 Å². The van der Waals surface area contributed by atoms with E-state index in [1.54, 1.807) is 11.9 Å². The fourth-order valence-electron chi connectivity index (χ4n) is 1.61. The first-order chi connectivity index (χ1) is 8.90. The molecule has 4 nitrogen and oxygen atoms in total. The number of ether oxygens (including phenoxy) is 1. The summed E-state index contributed by atoms with van der Waals surface area (Å²) in [5, 5.41) is 0. The third kappa shape index (κ3) is 5.26. The number of aryl methyl sites for hydroxylation is 2. The Morgan fingerprint density at radius 1 is 1.42 bits per heavy atom. The van der Waals surface area contributed by atoms with Gasteiger partial charge in [-0.15, -0.1) is 0 Å². The number of thiocarbonyl (C=S) groups is 1. The summed E-state index contributed by atoms with van der Waals surface area (Å²) < 4.78 is 5.53. The Hall–Kier alpha value is -1.62. The highest BCUT2D eigenvalue weighted by Crippen LogP contribution is 2.18. The highest BCUT2D eigenvalue weighted by Gasteiger charge is 2.10. The number of amides is 1. The van der Waals surface area contributed by atoms with E-state index in [-0.39, 0.29) is 12.5 Å². The molecular weight excluding hydrogens is 260 g/mol. The van der Waals surface area contributed by atoms with E-state index in [0.717, 1.165) is 11.3 Å². The molecule has 0 fully saturated rings. The van der Waals surface area contributed by atoms with Crippen LogP contribution in [0.4, 0.5) is 0 Å². The second-order valence-corrected chi connectivity index (χ2v) is 5.11. The summed E-state index contributed by atoms with van der Waals surface area (Å²) in [4.78, 5) is 13.8. The second-order valence-electron chi connectivity index (χ2n) is 4.59. The molecule has 0 aliphatic carbocycles. The maximum absolute atomic E-state index is 11.8. The molecule has 5 heteroatoms. The van der Waals surface area contributed by atoms with Crippen LogP contribution in [0.15, 0.2) is 18.2 Å². The van der Waals surface area contributed by atoms with Crippen LogP contribution in [0, 0.1) is 13.8 Å². The topological polar surface area (TPSA) is 55.6 Å². The summed E-state index contributed by atoms with van der Waals surface area (Å²) in [5.74, 6) is 0.651. The van der Waals surface area contributed by atoms with E-state index in [0.29, 0.717) is 18.0 Å². The Labute approximate surface area is 119 Å². The molecular formula is C14H20N2O2S. The molecule has 0 radical (unpaired) electrons. The van der Waals surface area contributed by atoms with Crippen LogP contribution in [0.5, 0.6) is 5.75 Å². The lowest BCUT2D eigenvalue weighted by molar-refractivity contribution is -0.131. The van der Waals surface area contributed by atoms with Crippen molar-refractivity contribution in [2.75, 3.05) is 20.2 Å². The van der Waals surface area contributed by atoms with Crippen molar-refractivity contribution in [2.45, 2.75) is 20.3 Å². The van der Waals surface area contributed by atoms with E-state index in [1.807, 2.05) is 32.0 Å². The number of carbonyl (C=O) groups excluding carboxylic acids is 1. The summed E-state index contributed by atoms with van der Waals surface area (Å²) in [6.45, 7) is 4.52. The van der Waals surface area contributed by atoms with Crippen LogP contribution >= 0.6 is 12.2 Å². The number of nitrogens with two attached hydrogens (primary N) is 1. The summed E-state index contributed by atoms with van der Waals surface area (Å²) in [5.41, 5.74) is 7.60. The zero-order valence-corrected chi connectivity index (χ0v) is 12.4. The first-order valence-electron chi connectivity index (χ1n) is 6.12. The minimum Gasteiger partial charge on any atom is -0.484 e. The molecule has 1 rings (SSSR count). The van der Waals surface area contributed by atoms with Gasteiger partial charge in [0.2, 0.25) is 0 Å². The summed E-state index contributed by atoms with van der Waals surface area (Å²) in [6, 6.07) is 5.87. The monoisotopic (exact) mass is 280 g/mol. The maximum Gasteiger partial charge on any atom is 0.260 e. The quantitative estimate of drug-likeness (QED) is 0.808. The molecule has 1 aromatic carbocycles. The van der Waals surface area contributed by atoms with Gasteiger partial charge in [-0.25, -0.2) is 0 Å². The molecule has 0 aliphatic rings. The van der Waals surface area contributed by atoms with Crippen molar-refractivity contribution in [2.24, 2.45) is 5.73 Å². The fraction of sp³-hybridized carbons (Fsp3) is 0.429. The van der Waals surface area contributed by atoms with Crippen LogP contribution in [0.2, 0.25) is 0 Å². The van der Waals surface area contributed by atoms with E-state index < -0.39 is 0 Å². The molecule has 1 aromatic rings. The number of carbonyl (C=O) groups is 1. The largest absolute Gasteiger partial charge is 0.484 e. The Kier molecular flexibility index (Phi) is 5.76. The van der Waals surface area contributed by atoms with Crippen LogP contribution < -0.4 is 10.5 Å². The summed E-state index contributed by atoms with van der Waals surface area (Å²) in [7, 11) is 1.71. The van der Waals surface area contributed by atoms with Crippen LogP contribution in [-0.2, 0) is 4.79 Å². The molecule has 0 atom stereocenters.